The van der Waals surface area contributed by atoms with E-state index in [9.17, 15) is 13.2 Å². The molecule has 1 saturated heterocycles. The Morgan fingerprint density at radius 1 is 1.17 bits per heavy atom. The smallest absolute Gasteiger partial charge is 0.252 e. The van der Waals surface area contributed by atoms with E-state index in [1.165, 1.54) is 25.3 Å². The molecule has 0 saturated carbocycles. The molecule has 1 aromatic rings. The molecule has 0 aliphatic carbocycles. The second-order valence-electron chi connectivity index (χ2n) is 5.91. The van der Waals surface area contributed by atoms with Crippen LogP contribution < -0.4 is 5.32 Å². The predicted molar refractivity (Wildman–Crippen MR) is 91.4 cm³/mol. The van der Waals surface area contributed by atoms with Crippen LogP contribution in [0, 0.1) is 0 Å². The molecule has 1 heterocycles. The van der Waals surface area contributed by atoms with E-state index >= 15 is 0 Å². The van der Waals surface area contributed by atoms with Crippen LogP contribution in [-0.2, 0) is 9.84 Å². The van der Waals surface area contributed by atoms with Gasteiger partial charge in [0.15, 0.2) is 9.84 Å². The minimum atomic E-state index is -3.39. The van der Waals surface area contributed by atoms with Gasteiger partial charge in [-0.05, 0) is 51.0 Å². The lowest BCUT2D eigenvalue weighted by atomic mass is 10.1. The van der Waals surface area contributed by atoms with Gasteiger partial charge in [0, 0.05) is 6.54 Å². The molecule has 2 rings (SSSR count). The van der Waals surface area contributed by atoms with E-state index in [4.69, 9.17) is 0 Å². The van der Waals surface area contributed by atoms with Gasteiger partial charge in [0.05, 0.1) is 16.2 Å². The van der Waals surface area contributed by atoms with Crippen LogP contribution in [-0.4, -0.2) is 51.2 Å². The predicted octanol–water partition coefficient (Wildman–Crippen LogP) is 2.09. The summed E-state index contributed by atoms with van der Waals surface area (Å²) in [5.41, 5.74) is 0.243. The Hall–Kier alpha value is -1.40. The molecule has 0 spiro atoms. The summed E-state index contributed by atoms with van der Waals surface area (Å²) in [5, 5.41) is 2.85. The first-order chi connectivity index (χ1) is 11.0. The lowest BCUT2D eigenvalue weighted by Crippen LogP contribution is -2.33. The molecule has 6 heteroatoms. The topological polar surface area (TPSA) is 66.5 Å². The van der Waals surface area contributed by atoms with Crippen LogP contribution in [0.4, 0.5) is 0 Å². The van der Waals surface area contributed by atoms with Gasteiger partial charge < -0.3 is 10.2 Å². The lowest BCUT2D eigenvalue weighted by Gasteiger charge is -2.26. The Morgan fingerprint density at radius 2 is 1.87 bits per heavy atom. The number of amides is 1. The Bertz CT molecular complexity index is 622. The molecule has 0 unspecified atom stereocenters. The molecule has 0 aromatic heterocycles. The van der Waals surface area contributed by atoms with Crippen molar-refractivity contribution in [2.75, 3.05) is 31.9 Å². The van der Waals surface area contributed by atoms with Crippen LogP contribution >= 0.6 is 0 Å². The zero-order valence-electron chi connectivity index (χ0n) is 13.8. The summed E-state index contributed by atoms with van der Waals surface area (Å²) in [5.74, 6) is -0.317. The highest BCUT2D eigenvalue weighted by molar-refractivity contribution is 7.91. The van der Waals surface area contributed by atoms with Gasteiger partial charge in [-0.15, -0.1) is 0 Å². The van der Waals surface area contributed by atoms with Crippen molar-refractivity contribution in [2.24, 2.45) is 0 Å². The molecular weight excluding hydrogens is 312 g/mol. The fourth-order valence-electron chi connectivity index (χ4n) is 2.86. The van der Waals surface area contributed by atoms with Crippen LogP contribution in [0.1, 0.15) is 43.0 Å². The molecule has 23 heavy (non-hydrogen) atoms. The number of hydrogen-bond donors (Lipinski definition) is 1. The van der Waals surface area contributed by atoms with Crippen LogP contribution in [0.3, 0.4) is 0 Å². The van der Waals surface area contributed by atoms with E-state index < -0.39 is 9.84 Å². The summed E-state index contributed by atoms with van der Waals surface area (Å²) in [6.45, 7) is 5.42. The fourth-order valence-corrected chi connectivity index (χ4v) is 3.96. The number of rotatable bonds is 7. The van der Waals surface area contributed by atoms with E-state index in [2.05, 4.69) is 10.2 Å². The molecular formula is C17H26N2O3S. The van der Waals surface area contributed by atoms with Crippen LogP contribution in [0.15, 0.2) is 29.2 Å². The number of sulfone groups is 1. The Balaban J connectivity index is 1.88. The van der Waals surface area contributed by atoms with Gasteiger partial charge in [-0.25, -0.2) is 8.42 Å². The molecule has 1 amide bonds. The monoisotopic (exact) mass is 338 g/mol. The van der Waals surface area contributed by atoms with Crippen molar-refractivity contribution in [2.45, 2.75) is 37.5 Å². The number of carbonyl (C=O) groups is 1. The maximum Gasteiger partial charge on any atom is 0.252 e. The molecule has 0 radical (unpaired) electrons. The quantitative estimate of drug-likeness (QED) is 0.773. The highest BCUT2D eigenvalue weighted by Crippen LogP contribution is 2.17. The summed E-state index contributed by atoms with van der Waals surface area (Å²) in [4.78, 5) is 14.8. The Kier molecular flexibility index (Phi) is 6.59. The van der Waals surface area contributed by atoms with E-state index in [0.29, 0.717) is 6.54 Å². The third-order valence-electron chi connectivity index (χ3n) is 4.23. The second kappa shape index (κ2) is 8.45. The van der Waals surface area contributed by atoms with Gasteiger partial charge >= 0.3 is 0 Å². The third kappa shape index (κ3) is 5.04. The first-order valence-corrected chi connectivity index (χ1v) is 10.0. The third-order valence-corrected chi connectivity index (χ3v) is 6.02. The summed E-state index contributed by atoms with van der Waals surface area (Å²) >= 11 is 0. The SMILES string of the molecule is CCS(=O)(=O)c1ccccc1C(=O)NCCCN1CCCCC1. The van der Waals surface area contributed by atoms with Crippen LogP contribution in [0.5, 0.6) is 0 Å². The molecule has 0 bridgehead atoms. The zero-order valence-corrected chi connectivity index (χ0v) is 14.6. The number of carbonyl (C=O) groups excluding carboxylic acids is 1. The summed E-state index contributed by atoms with van der Waals surface area (Å²) in [6, 6.07) is 6.41. The summed E-state index contributed by atoms with van der Waals surface area (Å²) in [6.07, 6.45) is 4.72. The normalized spacial score (nSPS) is 16.2. The number of hydrogen-bond acceptors (Lipinski definition) is 4. The zero-order chi connectivity index (χ0) is 16.7. The molecule has 5 nitrogen and oxygen atoms in total. The average molecular weight is 338 g/mol. The van der Waals surface area contributed by atoms with Crippen molar-refractivity contribution >= 4 is 15.7 Å². The minimum absolute atomic E-state index is 0.00769. The number of benzene rings is 1. The molecule has 1 N–H and O–H groups in total. The van der Waals surface area contributed by atoms with Gasteiger partial charge in [-0.1, -0.05) is 25.5 Å². The number of nitrogens with zero attached hydrogens (tertiary/aromatic N) is 1. The van der Waals surface area contributed by atoms with Crippen molar-refractivity contribution in [1.29, 1.82) is 0 Å². The number of likely N-dealkylation sites (tertiary alicyclic amines) is 1. The van der Waals surface area contributed by atoms with Gasteiger partial charge in [0.25, 0.3) is 5.91 Å². The lowest BCUT2D eigenvalue weighted by molar-refractivity contribution is 0.0948. The van der Waals surface area contributed by atoms with E-state index in [0.717, 1.165) is 26.1 Å². The highest BCUT2D eigenvalue weighted by Gasteiger charge is 2.20. The Labute approximate surface area is 139 Å². The molecule has 1 aromatic carbocycles. The highest BCUT2D eigenvalue weighted by atomic mass is 32.2. The maximum atomic E-state index is 12.3. The van der Waals surface area contributed by atoms with Gasteiger partial charge in [-0.3, -0.25) is 4.79 Å². The minimum Gasteiger partial charge on any atom is -0.352 e. The molecule has 1 aliphatic rings. The molecule has 128 valence electrons. The fraction of sp³-hybridized carbons (Fsp3) is 0.588. The van der Waals surface area contributed by atoms with Crippen LogP contribution in [0.25, 0.3) is 0 Å². The van der Waals surface area contributed by atoms with Crippen molar-refractivity contribution in [3.8, 4) is 0 Å². The van der Waals surface area contributed by atoms with Crippen molar-refractivity contribution in [3.63, 3.8) is 0 Å². The molecule has 1 fully saturated rings. The van der Waals surface area contributed by atoms with E-state index in [1.54, 1.807) is 25.1 Å². The summed E-state index contributed by atoms with van der Waals surface area (Å²) < 4.78 is 24.2. The second-order valence-corrected chi connectivity index (χ2v) is 8.16. The van der Waals surface area contributed by atoms with E-state index in [-0.39, 0.29) is 22.1 Å². The van der Waals surface area contributed by atoms with Gasteiger partial charge in [-0.2, -0.15) is 0 Å². The van der Waals surface area contributed by atoms with Crippen LogP contribution in [0.2, 0.25) is 0 Å². The Morgan fingerprint density at radius 3 is 2.57 bits per heavy atom. The van der Waals surface area contributed by atoms with Gasteiger partial charge in [0.2, 0.25) is 0 Å². The van der Waals surface area contributed by atoms with Crippen molar-refractivity contribution in [3.05, 3.63) is 29.8 Å². The van der Waals surface area contributed by atoms with Crippen molar-refractivity contribution < 1.29 is 13.2 Å². The van der Waals surface area contributed by atoms with Gasteiger partial charge in [0.1, 0.15) is 0 Å². The molecule has 0 atom stereocenters. The number of nitrogens with one attached hydrogen (secondary N) is 1. The average Bonchev–Trinajstić information content (AvgIpc) is 2.59. The number of piperidine rings is 1. The first-order valence-electron chi connectivity index (χ1n) is 8.37. The standard InChI is InChI=1S/C17H26N2O3S/c1-2-23(21,22)16-10-5-4-9-15(16)17(20)18-11-8-14-19-12-6-3-7-13-19/h4-5,9-10H,2-3,6-8,11-14H2,1H3,(H,18,20). The molecule has 1 aliphatic heterocycles. The summed E-state index contributed by atoms with van der Waals surface area (Å²) in [7, 11) is -3.39. The largest absolute Gasteiger partial charge is 0.352 e. The van der Waals surface area contributed by atoms with E-state index in [1.807, 2.05) is 0 Å². The first kappa shape index (κ1) is 17.9. The maximum absolute atomic E-state index is 12.3. The van der Waals surface area contributed by atoms with Crippen molar-refractivity contribution in [1.82, 2.24) is 10.2 Å².